The zero-order chi connectivity index (χ0) is 38.8. The quantitative estimate of drug-likeness (QED) is 0.155. The van der Waals surface area contributed by atoms with Crippen molar-refractivity contribution in [2.45, 2.75) is 74.7 Å². The third-order valence-corrected chi connectivity index (χ3v) is 13.5. The van der Waals surface area contributed by atoms with Gasteiger partial charge in [-0.25, -0.2) is 13.2 Å². The largest absolute Gasteiger partial charge is 0.461 e. The van der Waals surface area contributed by atoms with Crippen LogP contribution in [0.15, 0.2) is 18.2 Å². The Morgan fingerprint density at radius 1 is 1.18 bits per heavy atom. The predicted molar refractivity (Wildman–Crippen MR) is 196 cm³/mol. The third kappa shape index (κ3) is 5.93. The summed E-state index contributed by atoms with van der Waals surface area (Å²) in [7, 11) is 0. The van der Waals surface area contributed by atoms with E-state index in [9.17, 15) is 28.4 Å². The predicted octanol–water partition coefficient (Wildman–Crippen LogP) is 6.61. The highest BCUT2D eigenvalue weighted by molar-refractivity contribution is 7.23. The van der Waals surface area contributed by atoms with Crippen LogP contribution in [0.5, 0.6) is 6.01 Å². The zero-order valence-electron chi connectivity index (χ0n) is 29.7. The maximum Gasteiger partial charge on any atom is 0.322 e. The van der Waals surface area contributed by atoms with Crippen molar-refractivity contribution in [1.82, 2.24) is 19.9 Å². The van der Waals surface area contributed by atoms with Gasteiger partial charge in [0.2, 0.25) is 0 Å². The summed E-state index contributed by atoms with van der Waals surface area (Å²) in [4.78, 5) is 26.4. The third-order valence-electron chi connectivity index (χ3n) is 12.1. The Morgan fingerprint density at radius 3 is 2.67 bits per heavy atom. The number of fused-ring (bicyclic) bond motifs is 3. The van der Waals surface area contributed by atoms with Gasteiger partial charge in [-0.2, -0.15) is 24.0 Å². The number of benzene rings is 2. The van der Waals surface area contributed by atoms with E-state index >= 15 is 8.78 Å². The number of nitrogen functional groups attached to an aromatic ring is 1. The summed E-state index contributed by atoms with van der Waals surface area (Å²) in [5.74, 6) is -4.34. The second-order valence-electron chi connectivity index (χ2n) is 16.3. The number of hydrazine groups is 1. The van der Waals surface area contributed by atoms with Crippen LogP contribution in [0.3, 0.4) is 0 Å². The van der Waals surface area contributed by atoms with Crippen LogP contribution in [0.1, 0.15) is 51.0 Å². The minimum atomic E-state index is -3.05. The van der Waals surface area contributed by atoms with E-state index in [1.54, 1.807) is 6.92 Å². The minimum absolute atomic E-state index is 0.0147. The van der Waals surface area contributed by atoms with Crippen molar-refractivity contribution in [3.63, 3.8) is 0 Å². The van der Waals surface area contributed by atoms with E-state index < -0.39 is 52.7 Å². The topological polar surface area (TPSA) is 135 Å². The molecule has 5 aliphatic rings. The summed E-state index contributed by atoms with van der Waals surface area (Å²) in [5, 5.41) is 23.0. The van der Waals surface area contributed by atoms with Crippen molar-refractivity contribution in [3.8, 4) is 23.2 Å². The summed E-state index contributed by atoms with van der Waals surface area (Å²) in [6.45, 7) is 3.43. The van der Waals surface area contributed by atoms with Crippen LogP contribution in [-0.2, 0) is 0 Å². The molecule has 4 aliphatic heterocycles. The Kier molecular flexibility index (Phi) is 8.26. The zero-order valence-corrected chi connectivity index (χ0v) is 31.3. The molecule has 0 bridgehead atoms. The number of aromatic nitrogens is 2. The first-order chi connectivity index (χ1) is 26.0. The number of alkyl halides is 3. The van der Waals surface area contributed by atoms with Crippen LogP contribution < -0.4 is 15.4 Å². The van der Waals surface area contributed by atoms with E-state index in [1.807, 2.05) is 11.0 Å². The average molecular weight is 804 g/mol. The number of hydrogen-bond acceptors (Lipinski definition) is 10. The molecule has 1 spiro atoms. The molecule has 18 heteroatoms. The molecule has 4 aromatic rings. The first-order valence-corrected chi connectivity index (χ1v) is 19.4. The molecule has 11 nitrogen and oxygen atoms in total. The molecule has 0 amide bonds. The van der Waals surface area contributed by atoms with Crippen LogP contribution >= 0.6 is 22.9 Å². The monoisotopic (exact) mass is 803 g/mol. The van der Waals surface area contributed by atoms with Gasteiger partial charge in [-0.15, -0.1) is 16.3 Å². The van der Waals surface area contributed by atoms with Gasteiger partial charge in [0.25, 0.3) is 0 Å². The standard InChI is InChI=1S/C37H37ClF5N8O3S/c1-34(52)6-8-48(15-35(14-34)16-50(17-35)51(53)25-11-37(25,42)43)32-21-9-23(38)27(20-3-4-24(40)30-26(20)22(12-44)31(45)55-30)28(41)29(21)46-33(47-32)54-18-36-5-2-7-49(36)13-19(39)10-36/h3-4,9,19,25,52H,2,5-8,10-11,13-18,45H2,1H3/q+1/t19-,25-,34?,36+/m1/s1. The highest BCUT2D eigenvalue weighted by Gasteiger charge is 2.72. The first-order valence-electron chi connectivity index (χ1n) is 18.2. The normalized spacial score (nSPS) is 28.3. The van der Waals surface area contributed by atoms with E-state index in [1.165, 1.54) is 17.1 Å². The highest BCUT2D eigenvalue weighted by atomic mass is 35.5. The fourth-order valence-corrected chi connectivity index (χ4v) is 10.8. The fourth-order valence-electron chi connectivity index (χ4n) is 9.58. The van der Waals surface area contributed by atoms with Crippen LogP contribution in [0.4, 0.5) is 32.8 Å². The summed E-state index contributed by atoms with van der Waals surface area (Å²) in [5.41, 5.74) is 3.39. The van der Waals surface area contributed by atoms with E-state index in [0.29, 0.717) is 17.8 Å². The molecule has 1 aliphatic carbocycles. The van der Waals surface area contributed by atoms with Crippen molar-refractivity contribution >= 4 is 54.7 Å². The van der Waals surface area contributed by atoms with Crippen molar-refractivity contribution in [2.24, 2.45) is 5.41 Å². The van der Waals surface area contributed by atoms with Gasteiger partial charge in [-0.05, 0) is 56.8 Å². The van der Waals surface area contributed by atoms with E-state index in [4.69, 9.17) is 27.1 Å². The van der Waals surface area contributed by atoms with Crippen LogP contribution in [0, 0.1) is 33.3 Å². The summed E-state index contributed by atoms with van der Waals surface area (Å²) >= 11 is 7.77. The number of anilines is 2. The molecular weight excluding hydrogens is 767 g/mol. The van der Waals surface area contributed by atoms with Gasteiger partial charge in [0.1, 0.15) is 45.9 Å². The molecule has 6 heterocycles. The SMILES string of the molecule is CC1(O)CCN(c2nc(OC[C@@]34CCCN3C[C@H](F)C4)nc3c(F)c(-c4ccc(F)c5sc(N)c(C#N)c45)c(Cl)cc23)CC2(CN([N+](=O)[C@@H]3CC3(F)F)C2)C1. The Balaban J connectivity index is 1.16. The molecule has 2 aromatic heterocycles. The molecule has 290 valence electrons. The molecule has 55 heavy (non-hydrogen) atoms. The van der Waals surface area contributed by atoms with E-state index in [0.717, 1.165) is 30.4 Å². The van der Waals surface area contributed by atoms with Gasteiger partial charge in [-0.3, -0.25) is 4.90 Å². The maximum absolute atomic E-state index is 17.3. The number of aliphatic hydroxyl groups is 1. The molecule has 1 unspecified atom stereocenters. The van der Waals surface area contributed by atoms with Crippen molar-refractivity contribution in [3.05, 3.63) is 45.3 Å². The van der Waals surface area contributed by atoms with Crippen LogP contribution in [0.2, 0.25) is 5.02 Å². The van der Waals surface area contributed by atoms with Gasteiger partial charge in [0.05, 0.1) is 50.8 Å². The Hall–Kier alpha value is -4.11. The molecule has 3 N–H and O–H groups in total. The van der Waals surface area contributed by atoms with Crippen LogP contribution in [-0.4, -0.2) is 105 Å². The number of nitriles is 1. The lowest BCUT2D eigenvalue weighted by Crippen LogP contribution is -2.64. The number of nitrogens with two attached hydrogens (primary N) is 1. The summed E-state index contributed by atoms with van der Waals surface area (Å²) in [6.07, 6.45) is 0.838. The van der Waals surface area contributed by atoms with Crippen LogP contribution in [0.25, 0.3) is 32.1 Å². The van der Waals surface area contributed by atoms with Crippen molar-refractivity contribution in [1.29, 1.82) is 5.26 Å². The second-order valence-corrected chi connectivity index (χ2v) is 17.8. The molecule has 2 aromatic carbocycles. The molecular formula is C37H37ClF5N8O3S+. The Bertz CT molecular complexity index is 2330. The van der Waals surface area contributed by atoms with E-state index in [2.05, 4.69) is 9.88 Å². The van der Waals surface area contributed by atoms with Gasteiger partial charge < -0.3 is 20.5 Å². The van der Waals surface area contributed by atoms with Crippen molar-refractivity contribution in [2.75, 3.05) is 56.5 Å². The smallest absolute Gasteiger partial charge is 0.322 e. The first kappa shape index (κ1) is 36.5. The number of hydrogen-bond donors (Lipinski definition) is 2. The van der Waals surface area contributed by atoms with Gasteiger partial charge in [0, 0.05) is 47.8 Å². The number of halogens is 6. The van der Waals surface area contributed by atoms with E-state index in [-0.39, 0.29) is 112 Å². The molecule has 5 fully saturated rings. The molecule has 9 rings (SSSR count). The summed E-state index contributed by atoms with van der Waals surface area (Å²) < 4.78 is 80.9. The Morgan fingerprint density at radius 2 is 1.95 bits per heavy atom. The van der Waals surface area contributed by atoms with Gasteiger partial charge >= 0.3 is 18.0 Å². The molecule has 4 saturated heterocycles. The molecule has 1 saturated carbocycles. The molecule has 0 radical (unpaired) electrons. The number of rotatable bonds is 7. The maximum atomic E-state index is 17.3. The lowest BCUT2D eigenvalue weighted by atomic mass is 9.72. The minimum Gasteiger partial charge on any atom is -0.461 e. The van der Waals surface area contributed by atoms with Gasteiger partial charge in [-0.1, -0.05) is 17.7 Å². The van der Waals surface area contributed by atoms with Crippen molar-refractivity contribution < 1.29 is 36.7 Å². The lowest BCUT2D eigenvalue weighted by molar-refractivity contribution is -0.743. The fraction of sp³-hybridized carbons (Fsp3) is 0.541. The second kappa shape index (κ2) is 12.4. The lowest BCUT2D eigenvalue weighted by Gasteiger charge is -2.48. The highest BCUT2D eigenvalue weighted by Crippen LogP contribution is 2.50. The number of thiophene rings is 1. The summed E-state index contributed by atoms with van der Waals surface area (Å²) in [6, 6.07) is 4.38. The average Bonchev–Trinajstić information content (AvgIpc) is 3.31. The molecule has 4 atom stereocenters. The number of nitrogens with zero attached hydrogens (tertiary/aromatic N) is 7. The number of ether oxygens (including phenoxy) is 1. The number of nitroso groups, excluding NO2 is 1. The Labute approximate surface area is 320 Å². The van der Waals surface area contributed by atoms with Gasteiger partial charge in [0.15, 0.2) is 5.82 Å².